The zero-order valence-electron chi connectivity index (χ0n) is 13.9. The summed E-state index contributed by atoms with van der Waals surface area (Å²) in [6.45, 7) is 2.68. The van der Waals surface area contributed by atoms with Crippen molar-refractivity contribution in [3.63, 3.8) is 0 Å². The second-order valence-corrected chi connectivity index (χ2v) is 5.86. The van der Waals surface area contributed by atoms with Crippen LogP contribution in [0.15, 0.2) is 36.4 Å². The van der Waals surface area contributed by atoms with Crippen LogP contribution < -0.4 is 9.47 Å². The molecule has 0 bridgehead atoms. The van der Waals surface area contributed by atoms with Crippen LogP contribution in [-0.4, -0.2) is 46.6 Å². The average Bonchev–Trinajstić information content (AvgIpc) is 3.04. The molecule has 1 unspecified atom stereocenters. The highest BCUT2D eigenvalue weighted by atomic mass is 19.4. The summed E-state index contributed by atoms with van der Waals surface area (Å²) in [5.41, 5.74) is 1.06. The number of hydrogen-bond acceptors (Lipinski definition) is 5. The van der Waals surface area contributed by atoms with Gasteiger partial charge in [0.15, 0.2) is 0 Å². The number of rotatable bonds is 4. The highest BCUT2D eigenvalue weighted by Crippen LogP contribution is 2.24. The summed E-state index contributed by atoms with van der Waals surface area (Å²) in [4.78, 5) is 14.1. The largest absolute Gasteiger partial charge is 0.573 e. The third-order valence-electron chi connectivity index (χ3n) is 3.83. The van der Waals surface area contributed by atoms with Gasteiger partial charge in [-0.15, -0.1) is 18.3 Å². The molecule has 138 valence electrons. The number of likely N-dealkylation sites (tertiary alicyclic amines) is 1. The molecule has 6 nitrogen and oxygen atoms in total. The predicted molar refractivity (Wildman–Crippen MR) is 84.8 cm³/mol. The standard InChI is InChI=1S/C17H16F3N3O3/c1-11-2-7-15(22-21-11)25-14-8-9-23(10-14)16(24)12-3-5-13(6-4-12)26-17(18,19)20/h2-7,14H,8-10H2,1H3. The normalized spacial score (nSPS) is 17.2. The number of aryl methyl sites for hydroxylation is 1. The van der Waals surface area contributed by atoms with Gasteiger partial charge in [0.25, 0.3) is 5.91 Å². The predicted octanol–water partition coefficient (Wildman–Crippen LogP) is 2.98. The summed E-state index contributed by atoms with van der Waals surface area (Å²) in [6.07, 6.45) is -4.33. The van der Waals surface area contributed by atoms with E-state index in [4.69, 9.17) is 4.74 Å². The Morgan fingerprint density at radius 3 is 2.50 bits per heavy atom. The number of aromatic nitrogens is 2. The van der Waals surface area contributed by atoms with E-state index in [0.29, 0.717) is 25.4 Å². The van der Waals surface area contributed by atoms with Crippen LogP contribution in [0.25, 0.3) is 0 Å². The van der Waals surface area contributed by atoms with Crippen LogP contribution in [0.2, 0.25) is 0 Å². The van der Waals surface area contributed by atoms with Gasteiger partial charge in [-0.1, -0.05) is 0 Å². The van der Waals surface area contributed by atoms with Crippen molar-refractivity contribution in [3.8, 4) is 11.6 Å². The fraction of sp³-hybridized carbons (Fsp3) is 0.353. The minimum atomic E-state index is -4.76. The van der Waals surface area contributed by atoms with Crippen LogP contribution in [0.3, 0.4) is 0 Å². The Hall–Kier alpha value is -2.84. The first-order chi connectivity index (χ1) is 12.3. The number of amides is 1. The first-order valence-electron chi connectivity index (χ1n) is 7.92. The SMILES string of the molecule is Cc1ccc(OC2CCN(C(=O)c3ccc(OC(F)(F)F)cc3)C2)nn1. The van der Waals surface area contributed by atoms with E-state index in [1.165, 1.54) is 12.1 Å². The van der Waals surface area contributed by atoms with Crippen molar-refractivity contribution >= 4 is 5.91 Å². The Morgan fingerprint density at radius 1 is 1.15 bits per heavy atom. The monoisotopic (exact) mass is 367 g/mol. The second-order valence-electron chi connectivity index (χ2n) is 5.86. The van der Waals surface area contributed by atoms with Crippen LogP contribution in [0.4, 0.5) is 13.2 Å². The summed E-state index contributed by atoms with van der Waals surface area (Å²) < 4.78 is 46.0. The number of ether oxygens (including phenoxy) is 2. The molecule has 0 aliphatic carbocycles. The van der Waals surface area contributed by atoms with Gasteiger partial charge < -0.3 is 14.4 Å². The third-order valence-corrected chi connectivity index (χ3v) is 3.83. The van der Waals surface area contributed by atoms with Crippen LogP contribution >= 0.6 is 0 Å². The maximum atomic E-state index is 12.5. The molecule has 0 radical (unpaired) electrons. The number of nitrogens with zero attached hydrogens (tertiary/aromatic N) is 3. The van der Waals surface area contributed by atoms with Crippen molar-refractivity contribution in [2.24, 2.45) is 0 Å². The number of halogens is 3. The Morgan fingerprint density at radius 2 is 1.88 bits per heavy atom. The summed E-state index contributed by atoms with van der Waals surface area (Å²) in [7, 11) is 0. The van der Waals surface area contributed by atoms with Crippen molar-refractivity contribution in [1.29, 1.82) is 0 Å². The highest BCUT2D eigenvalue weighted by Gasteiger charge is 2.32. The van der Waals surface area contributed by atoms with Crippen LogP contribution in [0.5, 0.6) is 11.6 Å². The molecule has 1 atom stereocenters. The van der Waals surface area contributed by atoms with E-state index in [1.807, 2.05) is 6.92 Å². The molecule has 1 amide bonds. The lowest BCUT2D eigenvalue weighted by atomic mass is 10.2. The molecule has 0 saturated carbocycles. The van der Waals surface area contributed by atoms with Gasteiger partial charge in [-0.3, -0.25) is 4.79 Å². The quantitative estimate of drug-likeness (QED) is 0.831. The first-order valence-corrected chi connectivity index (χ1v) is 7.92. The molecule has 1 fully saturated rings. The summed E-state index contributed by atoms with van der Waals surface area (Å²) in [5.74, 6) is -0.247. The van der Waals surface area contributed by atoms with Gasteiger partial charge in [0, 0.05) is 24.6 Å². The molecule has 0 spiro atoms. The van der Waals surface area contributed by atoms with E-state index in [0.717, 1.165) is 17.8 Å². The molecular formula is C17H16F3N3O3. The lowest BCUT2D eigenvalue weighted by Gasteiger charge is -2.17. The van der Waals surface area contributed by atoms with Crippen molar-refractivity contribution in [2.45, 2.75) is 25.8 Å². The maximum absolute atomic E-state index is 12.5. The molecule has 1 saturated heterocycles. The molecule has 1 aliphatic heterocycles. The number of carbonyl (C=O) groups excluding carboxylic acids is 1. The molecule has 2 heterocycles. The minimum Gasteiger partial charge on any atom is -0.471 e. The molecule has 2 aromatic rings. The smallest absolute Gasteiger partial charge is 0.471 e. The fourth-order valence-electron chi connectivity index (χ4n) is 2.61. The van der Waals surface area contributed by atoms with Gasteiger partial charge in [-0.25, -0.2) is 0 Å². The van der Waals surface area contributed by atoms with E-state index in [-0.39, 0.29) is 23.3 Å². The van der Waals surface area contributed by atoms with Crippen molar-refractivity contribution in [1.82, 2.24) is 15.1 Å². The highest BCUT2D eigenvalue weighted by molar-refractivity contribution is 5.94. The first kappa shape index (κ1) is 18.0. The fourth-order valence-corrected chi connectivity index (χ4v) is 2.61. The Bertz CT molecular complexity index is 764. The van der Waals surface area contributed by atoms with Crippen LogP contribution in [-0.2, 0) is 0 Å². The van der Waals surface area contributed by atoms with Crippen LogP contribution in [0, 0.1) is 6.92 Å². The maximum Gasteiger partial charge on any atom is 0.573 e. The third kappa shape index (κ3) is 4.62. The number of alkyl halides is 3. The summed E-state index contributed by atoms with van der Waals surface area (Å²) in [5, 5.41) is 7.84. The zero-order chi connectivity index (χ0) is 18.7. The molecule has 1 aromatic carbocycles. The number of carbonyl (C=O) groups is 1. The average molecular weight is 367 g/mol. The molecule has 1 aromatic heterocycles. The molecule has 1 aliphatic rings. The molecular weight excluding hydrogens is 351 g/mol. The molecule has 0 N–H and O–H groups in total. The van der Waals surface area contributed by atoms with Crippen molar-refractivity contribution in [3.05, 3.63) is 47.7 Å². The zero-order valence-corrected chi connectivity index (χ0v) is 13.9. The number of benzene rings is 1. The van der Waals surface area contributed by atoms with Gasteiger partial charge in [0.1, 0.15) is 11.9 Å². The summed E-state index contributed by atoms with van der Waals surface area (Å²) >= 11 is 0. The van der Waals surface area contributed by atoms with Gasteiger partial charge in [-0.2, -0.15) is 5.10 Å². The molecule has 9 heteroatoms. The van der Waals surface area contributed by atoms with Gasteiger partial charge in [0.05, 0.1) is 12.2 Å². The minimum absolute atomic E-state index is 0.205. The van der Waals surface area contributed by atoms with Gasteiger partial charge >= 0.3 is 6.36 Å². The Kier molecular flexibility index (Phi) is 4.97. The lowest BCUT2D eigenvalue weighted by molar-refractivity contribution is -0.274. The van der Waals surface area contributed by atoms with Crippen molar-refractivity contribution in [2.75, 3.05) is 13.1 Å². The summed E-state index contributed by atoms with van der Waals surface area (Å²) in [6, 6.07) is 8.35. The lowest BCUT2D eigenvalue weighted by Crippen LogP contribution is -2.31. The van der Waals surface area contributed by atoms with Crippen molar-refractivity contribution < 1.29 is 27.4 Å². The van der Waals surface area contributed by atoms with E-state index >= 15 is 0 Å². The van der Waals surface area contributed by atoms with E-state index in [2.05, 4.69) is 14.9 Å². The second kappa shape index (κ2) is 7.19. The molecule has 26 heavy (non-hydrogen) atoms. The topological polar surface area (TPSA) is 64.5 Å². The number of hydrogen-bond donors (Lipinski definition) is 0. The Labute approximate surface area is 147 Å². The van der Waals surface area contributed by atoms with Gasteiger partial charge in [0.2, 0.25) is 5.88 Å². The molecule has 3 rings (SSSR count). The van der Waals surface area contributed by atoms with E-state index in [9.17, 15) is 18.0 Å². The van der Waals surface area contributed by atoms with Crippen LogP contribution in [0.1, 0.15) is 22.5 Å². The Balaban J connectivity index is 1.58. The van der Waals surface area contributed by atoms with E-state index in [1.54, 1.807) is 17.0 Å². The van der Waals surface area contributed by atoms with Gasteiger partial charge in [-0.05, 0) is 37.3 Å². The van der Waals surface area contributed by atoms with E-state index < -0.39 is 6.36 Å².